The summed E-state index contributed by atoms with van der Waals surface area (Å²) in [7, 11) is 2.05. The highest BCUT2D eigenvalue weighted by Crippen LogP contribution is 2.33. The molecule has 1 aliphatic heterocycles. The fourth-order valence-corrected chi connectivity index (χ4v) is 4.73. The number of ketones is 1. The second kappa shape index (κ2) is 11.9. The molecule has 4 atom stereocenters. The van der Waals surface area contributed by atoms with Gasteiger partial charge in [-0.3, -0.25) is 14.6 Å². The highest BCUT2D eigenvalue weighted by atomic mass is 35.5. The molecule has 34 heavy (non-hydrogen) atoms. The Kier molecular flexibility index (Phi) is 9.82. The summed E-state index contributed by atoms with van der Waals surface area (Å²) in [4.78, 5) is 28.5. The molecule has 0 saturated carbocycles. The molecule has 1 aromatic heterocycles. The van der Waals surface area contributed by atoms with Gasteiger partial charge in [0.1, 0.15) is 6.20 Å². The molecule has 4 rings (SSSR count). The maximum absolute atomic E-state index is 13.4. The lowest BCUT2D eigenvalue weighted by atomic mass is 9.84. The van der Waals surface area contributed by atoms with Crippen molar-refractivity contribution in [2.24, 2.45) is 24.6 Å². The third kappa shape index (κ3) is 5.51. The zero-order valence-corrected chi connectivity index (χ0v) is 21.5. The molecule has 8 nitrogen and oxygen atoms in total. The number of nitrogens with two attached hydrogens (primary N) is 1. The van der Waals surface area contributed by atoms with Crippen molar-refractivity contribution >= 4 is 35.2 Å². The zero-order valence-electron chi connectivity index (χ0n) is 19.9. The van der Waals surface area contributed by atoms with Crippen molar-refractivity contribution in [1.82, 2.24) is 14.8 Å². The van der Waals surface area contributed by atoms with E-state index in [0.29, 0.717) is 13.1 Å². The summed E-state index contributed by atoms with van der Waals surface area (Å²) >= 11 is 0. The Morgan fingerprint density at radius 1 is 1.35 bits per heavy atom. The number of aromatic nitrogens is 1. The topological polar surface area (TPSA) is 94.0 Å². The minimum atomic E-state index is -0.440. The van der Waals surface area contributed by atoms with Crippen molar-refractivity contribution in [2.75, 3.05) is 26.4 Å². The smallest absolute Gasteiger partial charge is 0.408 e. The van der Waals surface area contributed by atoms with Crippen molar-refractivity contribution in [2.45, 2.75) is 32.9 Å². The molecule has 10 heteroatoms. The Morgan fingerprint density at radius 2 is 2.09 bits per heavy atom. The van der Waals surface area contributed by atoms with Gasteiger partial charge in [-0.05, 0) is 31.4 Å². The second-order valence-electron chi connectivity index (χ2n) is 9.07. The molecule has 1 amide bonds. The Labute approximate surface area is 213 Å². The number of benzene rings is 1. The second-order valence-corrected chi connectivity index (χ2v) is 9.07. The average molecular weight is 512 g/mol. The molecule has 1 aliphatic carbocycles. The van der Waals surface area contributed by atoms with Gasteiger partial charge >= 0.3 is 6.09 Å². The van der Waals surface area contributed by atoms with Crippen LogP contribution >= 0.6 is 12.4 Å². The van der Waals surface area contributed by atoms with E-state index < -0.39 is 6.09 Å². The third-order valence-corrected chi connectivity index (χ3v) is 6.91. The Bertz CT molecular complexity index is 1040. The van der Waals surface area contributed by atoms with Crippen LogP contribution in [0.5, 0.6) is 0 Å². The molecule has 0 saturated heterocycles. The summed E-state index contributed by atoms with van der Waals surface area (Å²) in [6.45, 7) is 5.99. The molecule has 2 aromatic rings. The lowest BCUT2D eigenvalue weighted by Crippen LogP contribution is -3.11. The first-order valence-electron chi connectivity index (χ1n) is 11.4. The molecule has 0 bridgehead atoms. The molecule has 2 heterocycles. The SMILES string of the molecule is CC(CN)CNC(=O)OCN1C=C[NH+](CC2CCc3c(c4ccccc4n3C)C2=O)C1C.Cl.[Cl-]. The van der Waals surface area contributed by atoms with Gasteiger partial charge in [0.25, 0.3) is 0 Å². The van der Waals surface area contributed by atoms with Crippen LogP contribution in [0, 0.1) is 11.8 Å². The first-order chi connectivity index (χ1) is 15.4. The molecule has 1 aromatic carbocycles. The van der Waals surface area contributed by atoms with E-state index in [1.54, 1.807) is 0 Å². The lowest BCUT2D eigenvalue weighted by Gasteiger charge is -2.28. The van der Waals surface area contributed by atoms with Gasteiger partial charge in [0.2, 0.25) is 0 Å². The minimum Gasteiger partial charge on any atom is -1.00 e. The fraction of sp³-hybridized carbons (Fsp3) is 0.500. The Balaban J connectivity index is 0.00000204. The number of para-hydroxylation sites is 1. The van der Waals surface area contributed by atoms with Crippen LogP contribution in [0.2, 0.25) is 0 Å². The van der Waals surface area contributed by atoms with Crippen LogP contribution in [0.1, 0.15) is 36.3 Å². The number of fused-ring (bicyclic) bond motifs is 3. The average Bonchev–Trinajstić information content (AvgIpc) is 3.30. The number of hydrogen-bond donors (Lipinski definition) is 3. The summed E-state index contributed by atoms with van der Waals surface area (Å²) in [5.41, 5.74) is 8.74. The van der Waals surface area contributed by atoms with Crippen molar-refractivity contribution in [3.63, 3.8) is 0 Å². The predicted molar refractivity (Wildman–Crippen MR) is 130 cm³/mol. The number of alkyl carbamates (subject to hydrolysis) is 1. The molecule has 2 aliphatic rings. The standard InChI is InChI=1S/C24H33N5O3.2ClH/c1-16(12-25)13-26-24(31)32-15-29-11-10-28(17(29)2)14-18-8-9-21-22(23(18)30)19-6-4-5-7-20(19)27(21)3;;/h4-7,10-11,16-18H,8-9,12-15,25H2,1-3H3,(H,26,31);2*1H. The van der Waals surface area contributed by atoms with E-state index in [2.05, 4.69) is 42.2 Å². The molecule has 0 radical (unpaired) electrons. The summed E-state index contributed by atoms with van der Waals surface area (Å²) in [6, 6.07) is 8.16. The summed E-state index contributed by atoms with van der Waals surface area (Å²) in [5, 5.41) is 3.80. The van der Waals surface area contributed by atoms with Gasteiger partial charge in [-0.2, -0.15) is 0 Å². The summed E-state index contributed by atoms with van der Waals surface area (Å²) in [6.07, 6.45) is 5.44. The number of halogens is 2. The third-order valence-electron chi connectivity index (χ3n) is 6.91. The summed E-state index contributed by atoms with van der Waals surface area (Å²) < 4.78 is 7.52. The number of hydrogen-bond acceptors (Lipinski definition) is 5. The van der Waals surface area contributed by atoms with Gasteiger partial charge < -0.3 is 32.8 Å². The maximum atomic E-state index is 13.4. The van der Waals surface area contributed by atoms with E-state index in [4.69, 9.17) is 10.5 Å². The largest absolute Gasteiger partial charge is 1.00 e. The van der Waals surface area contributed by atoms with Crippen LogP contribution in [0.15, 0.2) is 36.7 Å². The number of nitrogens with one attached hydrogen (secondary N) is 2. The van der Waals surface area contributed by atoms with Crippen molar-refractivity contribution in [3.05, 3.63) is 47.9 Å². The lowest BCUT2D eigenvalue weighted by molar-refractivity contribution is -0.878. The number of nitrogens with zero attached hydrogens (tertiary/aromatic N) is 2. The van der Waals surface area contributed by atoms with Crippen LogP contribution in [-0.2, 0) is 18.2 Å². The molecular weight excluding hydrogens is 477 g/mol. The number of amides is 1. The van der Waals surface area contributed by atoms with Gasteiger partial charge in [0.15, 0.2) is 18.7 Å². The molecule has 4 unspecified atom stereocenters. The van der Waals surface area contributed by atoms with Crippen LogP contribution in [0.4, 0.5) is 4.79 Å². The zero-order chi connectivity index (χ0) is 22.8. The van der Waals surface area contributed by atoms with Gasteiger partial charge in [0.05, 0.1) is 18.7 Å². The van der Waals surface area contributed by atoms with Crippen molar-refractivity contribution in [3.8, 4) is 0 Å². The molecular formula is C24H35Cl2N5O3. The van der Waals surface area contributed by atoms with E-state index >= 15 is 0 Å². The number of rotatable bonds is 7. The van der Waals surface area contributed by atoms with Gasteiger partial charge in [-0.25, -0.2) is 4.79 Å². The molecule has 0 fully saturated rings. The number of carbonyl (C=O) groups excluding carboxylic acids is 2. The van der Waals surface area contributed by atoms with E-state index in [1.165, 1.54) is 4.90 Å². The number of quaternary nitrogens is 1. The number of aryl methyl sites for hydroxylation is 1. The highest BCUT2D eigenvalue weighted by Gasteiger charge is 2.37. The van der Waals surface area contributed by atoms with Crippen LogP contribution in [0.3, 0.4) is 0 Å². The molecule has 4 N–H and O–H groups in total. The fourth-order valence-electron chi connectivity index (χ4n) is 4.73. The Hall–Kier alpha value is -2.26. The van der Waals surface area contributed by atoms with E-state index in [0.717, 1.165) is 41.5 Å². The van der Waals surface area contributed by atoms with Crippen LogP contribution < -0.4 is 28.4 Å². The number of carbonyl (C=O) groups is 2. The van der Waals surface area contributed by atoms with E-state index in [1.807, 2.05) is 30.2 Å². The van der Waals surface area contributed by atoms with Crippen molar-refractivity contribution in [1.29, 1.82) is 0 Å². The monoisotopic (exact) mass is 511 g/mol. The van der Waals surface area contributed by atoms with Crippen LogP contribution in [0.25, 0.3) is 10.9 Å². The minimum absolute atomic E-state index is 0. The predicted octanol–water partition coefficient (Wildman–Crippen LogP) is -1.35. The van der Waals surface area contributed by atoms with Gasteiger partial charge in [-0.15, -0.1) is 12.4 Å². The van der Waals surface area contributed by atoms with Crippen LogP contribution in [-0.4, -0.2) is 53.9 Å². The summed E-state index contributed by atoms with van der Waals surface area (Å²) in [5.74, 6) is 0.444. The van der Waals surface area contributed by atoms with Gasteiger partial charge in [0, 0.05) is 42.7 Å². The first kappa shape index (κ1) is 28.0. The molecule has 0 spiro atoms. The highest BCUT2D eigenvalue weighted by molar-refractivity contribution is 6.11. The van der Waals surface area contributed by atoms with E-state index in [9.17, 15) is 9.59 Å². The molecule has 188 valence electrons. The number of Topliss-reactive ketones (excluding diaryl/α,β-unsaturated/α-hetero) is 1. The van der Waals surface area contributed by atoms with Crippen molar-refractivity contribution < 1.29 is 31.6 Å². The van der Waals surface area contributed by atoms with Gasteiger partial charge in [-0.1, -0.05) is 25.1 Å². The normalized spacial score (nSPS) is 22.1. The first-order valence-corrected chi connectivity index (χ1v) is 11.4. The maximum Gasteiger partial charge on any atom is 0.408 e. The van der Waals surface area contributed by atoms with E-state index in [-0.39, 0.29) is 55.3 Å². The number of ether oxygens (including phenoxy) is 1. The Morgan fingerprint density at radius 3 is 2.82 bits per heavy atom. The quantitative estimate of drug-likeness (QED) is 0.427.